The Kier molecular flexibility index (Phi) is 4.73. The van der Waals surface area contributed by atoms with Crippen LogP contribution in [0.3, 0.4) is 0 Å². The molecule has 1 N–H and O–H groups in total. The Bertz CT molecular complexity index is 614. The predicted octanol–water partition coefficient (Wildman–Crippen LogP) is 4.90. The van der Waals surface area contributed by atoms with E-state index in [9.17, 15) is 0 Å². The second-order valence-corrected chi connectivity index (χ2v) is 5.27. The van der Waals surface area contributed by atoms with E-state index in [2.05, 4.69) is 41.2 Å². The van der Waals surface area contributed by atoms with Crippen molar-refractivity contribution in [3.63, 3.8) is 0 Å². The van der Waals surface area contributed by atoms with Crippen molar-refractivity contribution >= 4 is 40.5 Å². The maximum absolute atomic E-state index is 6.31. The summed E-state index contributed by atoms with van der Waals surface area (Å²) in [5.41, 5.74) is 2.26. The molecule has 0 saturated carbocycles. The van der Waals surface area contributed by atoms with Crippen LogP contribution in [0.15, 0.2) is 30.3 Å². The lowest BCUT2D eigenvalue weighted by atomic mass is 10.2. The van der Waals surface area contributed by atoms with Gasteiger partial charge in [0.15, 0.2) is 5.82 Å². The molecule has 0 spiro atoms. The van der Waals surface area contributed by atoms with E-state index in [-0.39, 0.29) is 0 Å². The first-order valence-corrected chi connectivity index (χ1v) is 7.20. The highest BCUT2D eigenvalue weighted by atomic mass is 35.5. The average Bonchev–Trinajstić information content (AvgIpc) is 2.42. The summed E-state index contributed by atoms with van der Waals surface area (Å²) in [5.74, 6) is 1.32. The van der Waals surface area contributed by atoms with Gasteiger partial charge in [-0.05, 0) is 37.6 Å². The van der Waals surface area contributed by atoms with Crippen LogP contribution in [0.2, 0.25) is 10.0 Å². The molecule has 2 aromatic rings. The van der Waals surface area contributed by atoms with Crippen LogP contribution in [0.25, 0.3) is 0 Å². The number of benzene rings is 1. The van der Waals surface area contributed by atoms with Crippen LogP contribution in [0.1, 0.15) is 12.5 Å². The van der Waals surface area contributed by atoms with Crippen LogP contribution < -0.4 is 10.2 Å². The van der Waals surface area contributed by atoms with Gasteiger partial charge < -0.3 is 10.2 Å². The van der Waals surface area contributed by atoms with Crippen molar-refractivity contribution in [2.24, 2.45) is 0 Å². The Labute approximate surface area is 129 Å². The molecule has 0 aliphatic carbocycles. The molecule has 0 aliphatic rings. The average molecular weight is 310 g/mol. The van der Waals surface area contributed by atoms with Crippen molar-refractivity contribution in [2.75, 3.05) is 23.8 Å². The third-order valence-electron chi connectivity index (χ3n) is 3.03. The molecule has 0 fully saturated rings. The fourth-order valence-electron chi connectivity index (χ4n) is 2.07. The first-order valence-electron chi connectivity index (χ1n) is 6.44. The Morgan fingerprint density at radius 2 is 1.95 bits per heavy atom. The van der Waals surface area contributed by atoms with Gasteiger partial charge in [-0.2, -0.15) is 0 Å². The molecule has 1 heterocycles. The van der Waals surface area contributed by atoms with Gasteiger partial charge in [0, 0.05) is 19.3 Å². The van der Waals surface area contributed by atoms with Gasteiger partial charge in [-0.3, -0.25) is 0 Å². The van der Waals surface area contributed by atoms with Gasteiger partial charge in [-0.1, -0.05) is 35.3 Å². The van der Waals surface area contributed by atoms with Crippen molar-refractivity contribution in [3.05, 3.63) is 45.9 Å². The van der Waals surface area contributed by atoms with Gasteiger partial charge in [0.1, 0.15) is 5.82 Å². The van der Waals surface area contributed by atoms with Crippen LogP contribution in [0, 0.1) is 6.92 Å². The van der Waals surface area contributed by atoms with Crippen molar-refractivity contribution in [2.45, 2.75) is 13.8 Å². The molecule has 1 aromatic carbocycles. The number of aromatic nitrogens is 1. The van der Waals surface area contributed by atoms with Gasteiger partial charge in [0.25, 0.3) is 0 Å². The van der Waals surface area contributed by atoms with Crippen molar-refractivity contribution in [3.8, 4) is 0 Å². The van der Waals surface area contributed by atoms with E-state index in [1.54, 1.807) is 13.1 Å². The second kappa shape index (κ2) is 6.33. The molecule has 0 atom stereocenters. The third kappa shape index (κ3) is 3.00. The van der Waals surface area contributed by atoms with Crippen molar-refractivity contribution in [1.82, 2.24) is 4.98 Å². The van der Waals surface area contributed by atoms with Crippen molar-refractivity contribution in [1.29, 1.82) is 0 Å². The number of halogens is 2. The Morgan fingerprint density at radius 1 is 1.20 bits per heavy atom. The molecule has 0 radical (unpaired) electrons. The highest BCUT2D eigenvalue weighted by Gasteiger charge is 2.15. The Balaban J connectivity index is 2.52. The zero-order valence-electron chi connectivity index (χ0n) is 11.7. The molecule has 0 bridgehead atoms. The molecule has 1 aromatic heterocycles. The second-order valence-electron chi connectivity index (χ2n) is 4.46. The number of pyridine rings is 1. The molecule has 0 saturated heterocycles. The summed E-state index contributed by atoms with van der Waals surface area (Å²) in [6.07, 6.45) is 0. The molecule has 2 rings (SSSR count). The summed E-state index contributed by atoms with van der Waals surface area (Å²) in [7, 11) is 1.79. The minimum atomic E-state index is 0.515. The number of aryl methyl sites for hydroxylation is 1. The summed E-state index contributed by atoms with van der Waals surface area (Å²) < 4.78 is 0. The topological polar surface area (TPSA) is 28.2 Å². The third-order valence-corrected chi connectivity index (χ3v) is 3.60. The molecule has 0 unspecified atom stereocenters. The van der Waals surface area contributed by atoms with Crippen molar-refractivity contribution < 1.29 is 0 Å². The van der Waals surface area contributed by atoms with Gasteiger partial charge >= 0.3 is 0 Å². The lowest BCUT2D eigenvalue weighted by Gasteiger charge is -2.24. The minimum Gasteiger partial charge on any atom is -0.372 e. The van der Waals surface area contributed by atoms with E-state index in [0.29, 0.717) is 21.7 Å². The molecule has 5 heteroatoms. The highest BCUT2D eigenvalue weighted by molar-refractivity contribution is 6.37. The standard InChI is InChI=1S/C15H17Cl2N3/c1-4-20(11-7-5-6-10(2)8-11)15-13(17)9-12(16)14(18-3)19-15/h5-9H,4H2,1-3H3,(H,18,19). The van der Waals surface area contributed by atoms with Gasteiger partial charge in [-0.15, -0.1) is 0 Å². The molecule has 20 heavy (non-hydrogen) atoms. The van der Waals surface area contributed by atoms with Gasteiger partial charge in [0.05, 0.1) is 10.0 Å². The SMILES string of the molecule is CCN(c1cccc(C)c1)c1nc(NC)c(Cl)cc1Cl. The lowest BCUT2D eigenvalue weighted by Crippen LogP contribution is -2.18. The smallest absolute Gasteiger partial charge is 0.154 e. The number of nitrogens with zero attached hydrogens (tertiary/aromatic N) is 2. The van der Waals surface area contributed by atoms with E-state index in [4.69, 9.17) is 23.2 Å². The molecule has 106 valence electrons. The maximum atomic E-state index is 6.31. The summed E-state index contributed by atoms with van der Waals surface area (Å²) in [4.78, 5) is 6.58. The Morgan fingerprint density at radius 3 is 2.55 bits per heavy atom. The maximum Gasteiger partial charge on any atom is 0.154 e. The van der Waals surface area contributed by atoms with E-state index >= 15 is 0 Å². The van der Waals surface area contributed by atoms with Gasteiger partial charge in [0.2, 0.25) is 0 Å². The zero-order chi connectivity index (χ0) is 14.7. The van der Waals surface area contributed by atoms with E-state index in [1.807, 2.05) is 12.1 Å². The predicted molar refractivity (Wildman–Crippen MR) is 87.7 cm³/mol. The zero-order valence-corrected chi connectivity index (χ0v) is 13.3. The molecule has 0 amide bonds. The largest absolute Gasteiger partial charge is 0.372 e. The Hall–Kier alpha value is -1.45. The fourth-order valence-corrected chi connectivity index (χ4v) is 2.63. The molecular weight excluding hydrogens is 293 g/mol. The summed E-state index contributed by atoms with van der Waals surface area (Å²) >= 11 is 12.4. The molecular formula is C15H17Cl2N3. The minimum absolute atomic E-state index is 0.515. The monoisotopic (exact) mass is 309 g/mol. The van der Waals surface area contributed by atoms with Crippen LogP contribution in [-0.2, 0) is 0 Å². The fraction of sp³-hybridized carbons (Fsp3) is 0.267. The summed E-state index contributed by atoms with van der Waals surface area (Å²) in [6.45, 7) is 4.89. The first kappa shape index (κ1) is 14.9. The van der Waals surface area contributed by atoms with Crippen LogP contribution >= 0.6 is 23.2 Å². The van der Waals surface area contributed by atoms with E-state index in [1.165, 1.54) is 5.56 Å². The number of hydrogen-bond donors (Lipinski definition) is 1. The number of hydrogen-bond acceptors (Lipinski definition) is 3. The number of nitrogens with one attached hydrogen (secondary N) is 1. The van der Waals surface area contributed by atoms with Crippen LogP contribution in [-0.4, -0.2) is 18.6 Å². The summed E-state index contributed by atoms with van der Waals surface area (Å²) in [5, 5.41) is 4.03. The normalized spacial score (nSPS) is 10.4. The lowest BCUT2D eigenvalue weighted by molar-refractivity contribution is 0.989. The molecule has 3 nitrogen and oxygen atoms in total. The number of rotatable bonds is 4. The van der Waals surface area contributed by atoms with Gasteiger partial charge in [-0.25, -0.2) is 4.98 Å². The first-order chi connectivity index (χ1) is 9.56. The van der Waals surface area contributed by atoms with Crippen LogP contribution in [0.5, 0.6) is 0 Å². The van der Waals surface area contributed by atoms with E-state index in [0.717, 1.165) is 12.2 Å². The van der Waals surface area contributed by atoms with E-state index < -0.39 is 0 Å². The van der Waals surface area contributed by atoms with Crippen LogP contribution in [0.4, 0.5) is 17.3 Å². The molecule has 0 aliphatic heterocycles. The highest BCUT2D eigenvalue weighted by Crippen LogP contribution is 2.34. The number of anilines is 3. The summed E-state index contributed by atoms with van der Waals surface area (Å²) in [6, 6.07) is 9.95. The quantitative estimate of drug-likeness (QED) is 0.871.